The van der Waals surface area contributed by atoms with Gasteiger partial charge < -0.3 is 10.1 Å². The molecule has 4 rings (SSSR count). The Bertz CT molecular complexity index is 878. The second kappa shape index (κ2) is 7.04. The van der Waals surface area contributed by atoms with Gasteiger partial charge in [0.15, 0.2) is 6.10 Å². The minimum absolute atomic E-state index is 0.0687. The van der Waals surface area contributed by atoms with Crippen LogP contribution in [-0.2, 0) is 11.2 Å². The molecule has 0 aromatic heterocycles. The number of nitrogens with one attached hydrogen (secondary N) is 1. The van der Waals surface area contributed by atoms with Crippen LogP contribution in [0.25, 0.3) is 11.1 Å². The lowest BCUT2D eigenvalue weighted by molar-refractivity contribution is -0.127. The zero-order chi connectivity index (χ0) is 17.9. The average molecular weight is 343 g/mol. The highest BCUT2D eigenvalue weighted by Crippen LogP contribution is 2.28. The highest BCUT2D eigenvalue weighted by molar-refractivity contribution is 5.83. The Morgan fingerprint density at radius 1 is 0.923 bits per heavy atom. The van der Waals surface area contributed by atoms with Crippen LogP contribution in [0.3, 0.4) is 0 Å². The van der Waals surface area contributed by atoms with Gasteiger partial charge in [0.05, 0.1) is 6.04 Å². The molecule has 3 aromatic carbocycles. The van der Waals surface area contributed by atoms with Gasteiger partial charge in [0.1, 0.15) is 5.75 Å². The number of rotatable bonds is 4. The van der Waals surface area contributed by atoms with Crippen LogP contribution in [0.1, 0.15) is 24.1 Å². The molecule has 0 fully saturated rings. The first-order valence-electron chi connectivity index (χ1n) is 8.91. The molecule has 1 aliphatic heterocycles. The van der Waals surface area contributed by atoms with Crippen LogP contribution in [0.2, 0.25) is 0 Å². The second-order valence-corrected chi connectivity index (χ2v) is 6.64. The summed E-state index contributed by atoms with van der Waals surface area (Å²) in [4.78, 5) is 12.5. The minimum Gasteiger partial charge on any atom is -0.480 e. The van der Waals surface area contributed by atoms with E-state index < -0.39 is 6.10 Å². The lowest BCUT2D eigenvalue weighted by Gasteiger charge is -2.18. The number of carbonyl (C=O) groups excluding carboxylic acids is 1. The topological polar surface area (TPSA) is 38.3 Å². The normalized spacial score (nSPS) is 16.4. The van der Waals surface area contributed by atoms with Crippen molar-refractivity contribution in [2.45, 2.75) is 25.5 Å². The molecule has 0 radical (unpaired) electrons. The average Bonchev–Trinajstić information content (AvgIpc) is 3.13. The number of benzene rings is 3. The van der Waals surface area contributed by atoms with E-state index in [2.05, 4.69) is 41.7 Å². The molecule has 3 heteroatoms. The van der Waals surface area contributed by atoms with E-state index in [0.29, 0.717) is 6.42 Å². The maximum atomic E-state index is 12.5. The summed E-state index contributed by atoms with van der Waals surface area (Å²) in [6.45, 7) is 2.00. The maximum absolute atomic E-state index is 12.5. The molecule has 0 saturated heterocycles. The molecule has 3 aromatic rings. The lowest BCUT2D eigenvalue weighted by Crippen LogP contribution is -2.38. The van der Waals surface area contributed by atoms with Crippen LogP contribution < -0.4 is 10.1 Å². The predicted octanol–water partition coefficient (Wildman–Crippen LogP) is 4.53. The molecular formula is C23H21NO2. The first-order valence-corrected chi connectivity index (χ1v) is 8.91. The number of amides is 1. The quantitative estimate of drug-likeness (QED) is 0.755. The Kier molecular flexibility index (Phi) is 4.44. The Labute approximate surface area is 153 Å². The summed E-state index contributed by atoms with van der Waals surface area (Å²) in [5.41, 5.74) is 4.52. The number of ether oxygens (including phenoxy) is 1. The molecule has 2 atom stereocenters. The van der Waals surface area contributed by atoms with Gasteiger partial charge in [-0.3, -0.25) is 4.79 Å². The first-order chi connectivity index (χ1) is 12.7. The van der Waals surface area contributed by atoms with E-state index in [1.54, 1.807) is 0 Å². The molecule has 3 nitrogen and oxygen atoms in total. The molecule has 0 spiro atoms. The fourth-order valence-corrected chi connectivity index (χ4v) is 3.31. The van der Waals surface area contributed by atoms with Crippen LogP contribution in [0.5, 0.6) is 5.75 Å². The van der Waals surface area contributed by atoms with E-state index in [4.69, 9.17) is 4.74 Å². The highest BCUT2D eigenvalue weighted by Gasteiger charge is 2.29. The summed E-state index contributed by atoms with van der Waals surface area (Å²) in [6.07, 6.45) is 0.181. The predicted molar refractivity (Wildman–Crippen MR) is 103 cm³/mol. The van der Waals surface area contributed by atoms with Crippen molar-refractivity contribution < 1.29 is 9.53 Å². The van der Waals surface area contributed by atoms with E-state index in [1.165, 1.54) is 11.1 Å². The van der Waals surface area contributed by atoms with Crippen LogP contribution in [0.4, 0.5) is 0 Å². The third kappa shape index (κ3) is 3.33. The van der Waals surface area contributed by atoms with Crippen LogP contribution in [-0.4, -0.2) is 12.0 Å². The van der Waals surface area contributed by atoms with E-state index in [-0.39, 0.29) is 11.9 Å². The van der Waals surface area contributed by atoms with Crippen molar-refractivity contribution in [1.29, 1.82) is 0 Å². The summed E-state index contributed by atoms with van der Waals surface area (Å²) >= 11 is 0. The summed E-state index contributed by atoms with van der Waals surface area (Å²) < 4.78 is 5.77. The molecular weight excluding hydrogens is 322 g/mol. The maximum Gasteiger partial charge on any atom is 0.261 e. The molecule has 1 N–H and O–H groups in total. The number of hydrogen-bond donors (Lipinski definition) is 1. The number of carbonyl (C=O) groups is 1. The smallest absolute Gasteiger partial charge is 0.261 e. The molecule has 0 bridgehead atoms. The lowest BCUT2D eigenvalue weighted by atomic mass is 10.0. The molecule has 0 aliphatic carbocycles. The number of hydrogen-bond acceptors (Lipinski definition) is 2. The van der Waals surface area contributed by atoms with Crippen molar-refractivity contribution >= 4 is 5.91 Å². The van der Waals surface area contributed by atoms with E-state index >= 15 is 0 Å². The molecule has 1 heterocycles. The van der Waals surface area contributed by atoms with Gasteiger partial charge in [0, 0.05) is 6.42 Å². The summed E-state index contributed by atoms with van der Waals surface area (Å²) in [7, 11) is 0. The number of para-hydroxylation sites is 1. The zero-order valence-electron chi connectivity index (χ0n) is 14.7. The van der Waals surface area contributed by atoms with Gasteiger partial charge in [-0.05, 0) is 35.2 Å². The first kappa shape index (κ1) is 16.4. The highest BCUT2D eigenvalue weighted by atomic mass is 16.5. The van der Waals surface area contributed by atoms with Gasteiger partial charge in [0.2, 0.25) is 0 Å². The molecule has 1 aliphatic rings. The van der Waals surface area contributed by atoms with Crippen molar-refractivity contribution in [2.24, 2.45) is 0 Å². The fraction of sp³-hybridized carbons (Fsp3) is 0.174. The van der Waals surface area contributed by atoms with Crippen LogP contribution >= 0.6 is 0 Å². The Balaban J connectivity index is 1.40. The monoisotopic (exact) mass is 343 g/mol. The Morgan fingerprint density at radius 2 is 1.58 bits per heavy atom. The van der Waals surface area contributed by atoms with E-state index in [1.807, 2.05) is 49.4 Å². The largest absolute Gasteiger partial charge is 0.480 e. The van der Waals surface area contributed by atoms with Crippen molar-refractivity contribution in [1.82, 2.24) is 5.32 Å². The molecule has 0 saturated carbocycles. The Morgan fingerprint density at radius 3 is 2.31 bits per heavy atom. The summed E-state index contributed by atoms with van der Waals surface area (Å²) in [6, 6.07) is 26.3. The van der Waals surface area contributed by atoms with Gasteiger partial charge >= 0.3 is 0 Å². The molecule has 26 heavy (non-hydrogen) atoms. The van der Waals surface area contributed by atoms with Crippen molar-refractivity contribution in [3.05, 3.63) is 90.0 Å². The van der Waals surface area contributed by atoms with Crippen molar-refractivity contribution in [3.63, 3.8) is 0 Å². The summed E-state index contributed by atoms with van der Waals surface area (Å²) in [5.74, 6) is 0.744. The van der Waals surface area contributed by atoms with Crippen LogP contribution in [0, 0.1) is 0 Å². The Hall–Kier alpha value is -3.07. The second-order valence-electron chi connectivity index (χ2n) is 6.64. The van der Waals surface area contributed by atoms with E-state index in [0.717, 1.165) is 16.9 Å². The van der Waals surface area contributed by atoms with E-state index in [9.17, 15) is 4.79 Å². The zero-order valence-corrected chi connectivity index (χ0v) is 14.7. The van der Waals surface area contributed by atoms with Gasteiger partial charge in [0.25, 0.3) is 5.91 Å². The standard InChI is InChI=1S/C23H21NO2/c1-16(17-11-13-19(14-12-17)18-7-3-2-4-8-18)24-23(25)22-15-20-9-5-6-10-21(20)26-22/h2-14,16,22H,15H2,1H3,(H,24,25)/t16-,22-/m1/s1. The van der Waals surface area contributed by atoms with Gasteiger partial charge in [-0.25, -0.2) is 0 Å². The molecule has 1 amide bonds. The third-order valence-electron chi connectivity index (χ3n) is 4.82. The van der Waals surface area contributed by atoms with Crippen molar-refractivity contribution in [3.8, 4) is 16.9 Å². The minimum atomic E-state index is -0.446. The molecule has 0 unspecified atom stereocenters. The third-order valence-corrected chi connectivity index (χ3v) is 4.82. The van der Waals surface area contributed by atoms with Gasteiger partial charge in [-0.15, -0.1) is 0 Å². The SMILES string of the molecule is C[C@@H](NC(=O)[C@H]1Cc2ccccc2O1)c1ccc(-c2ccccc2)cc1. The van der Waals surface area contributed by atoms with Gasteiger partial charge in [-0.2, -0.15) is 0 Å². The molecule has 130 valence electrons. The van der Waals surface area contributed by atoms with Crippen molar-refractivity contribution in [2.75, 3.05) is 0 Å². The van der Waals surface area contributed by atoms with Crippen LogP contribution in [0.15, 0.2) is 78.9 Å². The fourth-order valence-electron chi connectivity index (χ4n) is 3.31. The summed E-state index contributed by atoms with van der Waals surface area (Å²) in [5, 5.41) is 3.07. The van der Waals surface area contributed by atoms with Gasteiger partial charge in [-0.1, -0.05) is 72.8 Å². The number of fused-ring (bicyclic) bond motifs is 1.